The molecule has 0 aliphatic rings. The summed E-state index contributed by atoms with van der Waals surface area (Å²) < 4.78 is 6.84. The van der Waals surface area contributed by atoms with Crippen LogP contribution in [-0.2, 0) is 11.8 Å². The first kappa shape index (κ1) is 16.0. The van der Waals surface area contributed by atoms with Crippen LogP contribution in [0.3, 0.4) is 0 Å². The average Bonchev–Trinajstić information content (AvgIpc) is 2.78. The Hall–Kier alpha value is -2.37. The SMILES string of the molecule is COc1ccc(N(C)C(=O)C(C)c2c(C)nn(C)c2C)cn1. The van der Waals surface area contributed by atoms with Crippen LogP contribution in [0.25, 0.3) is 0 Å². The highest BCUT2D eigenvalue weighted by Gasteiger charge is 2.25. The van der Waals surface area contributed by atoms with Crippen LogP contribution in [0.4, 0.5) is 5.69 Å². The highest BCUT2D eigenvalue weighted by molar-refractivity contribution is 5.97. The number of hydrogen-bond donors (Lipinski definition) is 0. The molecule has 22 heavy (non-hydrogen) atoms. The van der Waals surface area contributed by atoms with E-state index in [1.807, 2.05) is 38.6 Å². The van der Waals surface area contributed by atoms with E-state index in [0.717, 1.165) is 22.6 Å². The molecule has 6 heteroatoms. The fourth-order valence-electron chi connectivity index (χ4n) is 2.65. The van der Waals surface area contributed by atoms with Gasteiger partial charge in [-0.25, -0.2) is 4.98 Å². The number of amides is 1. The lowest BCUT2D eigenvalue weighted by atomic mass is 9.97. The molecule has 0 aliphatic carbocycles. The summed E-state index contributed by atoms with van der Waals surface area (Å²) in [6.07, 6.45) is 1.63. The van der Waals surface area contributed by atoms with Crippen LogP contribution < -0.4 is 9.64 Å². The van der Waals surface area contributed by atoms with Crippen LogP contribution >= 0.6 is 0 Å². The van der Waals surface area contributed by atoms with Gasteiger partial charge in [-0.3, -0.25) is 9.48 Å². The van der Waals surface area contributed by atoms with Gasteiger partial charge in [-0.15, -0.1) is 0 Å². The zero-order valence-electron chi connectivity index (χ0n) is 13.9. The summed E-state index contributed by atoms with van der Waals surface area (Å²) >= 11 is 0. The lowest BCUT2D eigenvalue weighted by Gasteiger charge is -2.21. The third-order valence-electron chi connectivity index (χ3n) is 4.02. The first-order valence-corrected chi connectivity index (χ1v) is 7.14. The van der Waals surface area contributed by atoms with E-state index in [2.05, 4.69) is 10.1 Å². The quantitative estimate of drug-likeness (QED) is 0.869. The molecule has 0 radical (unpaired) electrons. The van der Waals surface area contributed by atoms with E-state index in [1.54, 1.807) is 31.3 Å². The standard InChI is InChI=1S/C16H22N4O2/c1-10(15-11(2)18-20(5)12(15)3)16(21)19(4)13-7-8-14(22-6)17-9-13/h7-10H,1-6H3. The molecule has 2 aromatic heterocycles. The summed E-state index contributed by atoms with van der Waals surface area (Å²) in [7, 11) is 5.20. The van der Waals surface area contributed by atoms with Gasteiger partial charge in [-0.1, -0.05) is 0 Å². The molecular weight excluding hydrogens is 280 g/mol. The van der Waals surface area contributed by atoms with Gasteiger partial charge in [0.1, 0.15) is 0 Å². The fourth-order valence-corrected chi connectivity index (χ4v) is 2.65. The van der Waals surface area contributed by atoms with E-state index >= 15 is 0 Å². The van der Waals surface area contributed by atoms with E-state index in [-0.39, 0.29) is 11.8 Å². The number of carbonyl (C=O) groups excluding carboxylic acids is 1. The zero-order chi connectivity index (χ0) is 16.4. The maximum Gasteiger partial charge on any atom is 0.234 e. The van der Waals surface area contributed by atoms with E-state index in [1.165, 1.54) is 0 Å². The molecule has 0 aromatic carbocycles. The number of carbonyl (C=O) groups is 1. The number of hydrogen-bond acceptors (Lipinski definition) is 4. The predicted octanol–water partition coefficient (Wildman–Crippen LogP) is 2.21. The van der Waals surface area contributed by atoms with Crippen molar-refractivity contribution in [2.75, 3.05) is 19.1 Å². The van der Waals surface area contributed by atoms with Gasteiger partial charge in [0, 0.05) is 31.4 Å². The molecule has 1 amide bonds. The van der Waals surface area contributed by atoms with Crippen LogP contribution in [0.15, 0.2) is 18.3 Å². The minimum atomic E-state index is -0.263. The molecule has 2 rings (SSSR count). The van der Waals surface area contributed by atoms with Crippen molar-refractivity contribution < 1.29 is 9.53 Å². The van der Waals surface area contributed by atoms with Crippen molar-refractivity contribution in [1.82, 2.24) is 14.8 Å². The summed E-state index contributed by atoms with van der Waals surface area (Å²) in [5.41, 5.74) is 3.62. The maximum absolute atomic E-state index is 12.7. The Kier molecular flexibility index (Phi) is 4.49. The normalized spacial score (nSPS) is 12.1. The number of aromatic nitrogens is 3. The highest BCUT2D eigenvalue weighted by atomic mass is 16.5. The summed E-state index contributed by atoms with van der Waals surface area (Å²) in [5, 5.41) is 4.39. The molecule has 0 saturated carbocycles. The Morgan fingerprint density at radius 2 is 2.05 bits per heavy atom. The highest BCUT2D eigenvalue weighted by Crippen LogP contribution is 2.26. The summed E-state index contributed by atoms with van der Waals surface area (Å²) in [6, 6.07) is 3.56. The lowest BCUT2D eigenvalue weighted by Crippen LogP contribution is -2.31. The Balaban J connectivity index is 2.25. The van der Waals surface area contributed by atoms with Crippen molar-refractivity contribution in [3.8, 4) is 5.88 Å². The van der Waals surface area contributed by atoms with Crippen molar-refractivity contribution in [3.05, 3.63) is 35.3 Å². The zero-order valence-corrected chi connectivity index (χ0v) is 13.9. The second kappa shape index (κ2) is 6.17. The minimum absolute atomic E-state index is 0.00571. The van der Waals surface area contributed by atoms with Crippen LogP contribution in [0.5, 0.6) is 5.88 Å². The third-order valence-corrected chi connectivity index (χ3v) is 4.02. The van der Waals surface area contributed by atoms with Crippen molar-refractivity contribution in [2.24, 2.45) is 7.05 Å². The first-order chi connectivity index (χ1) is 10.4. The van der Waals surface area contributed by atoms with E-state index in [9.17, 15) is 4.79 Å². The molecular formula is C16H22N4O2. The van der Waals surface area contributed by atoms with Gasteiger partial charge >= 0.3 is 0 Å². The maximum atomic E-state index is 12.7. The van der Waals surface area contributed by atoms with Crippen molar-refractivity contribution in [2.45, 2.75) is 26.7 Å². The Morgan fingerprint density at radius 1 is 1.36 bits per heavy atom. The van der Waals surface area contributed by atoms with E-state index in [4.69, 9.17) is 4.74 Å². The minimum Gasteiger partial charge on any atom is -0.481 e. The number of nitrogens with zero attached hydrogens (tertiary/aromatic N) is 4. The fraction of sp³-hybridized carbons (Fsp3) is 0.438. The number of likely N-dealkylation sites (N-methyl/N-ethyl adjacent to an activating group) is 1. The largest absolute Gasteiger partial charge is 0.481 e. The van der Waals surface area contributed by atoms with Gasteiger partial charge < -0.3 is 9.64 Å². The summed E-state index contributed by atoms with van der Waals surface area (Å²) in [5.74, 6) is 0.267. The van der Waals surface area contributed by atoms with Gasteiger partial charge in [-0.05, 0) is 26.8 Å². The van der Waals surface area contributed by atoms with Crippen molar-refractivity contribution >= 4 is 11.6 Å². The molecule has 0 fully saturated rings. The van der Waals surface area contributed by atoms with Crippen LogP contribution in [0.1, 0.15) is 29.8 Å². The van der Waals surface area contributed by atoms with Crippen molar-refractivity contribution in [3.63, 3.8) is 0 Å². The molecule has 1 unspecified atom stereocenters. The predicted molar refractivity (Wildman–Crippen MR) is 85.3 cm³/mol. The van der Waals surface area contributed by atoms with Crippen molar-refractivity contribution in [1.29, 1.82) is 0 Å². The first-order valence-electron chi connectivity index (χ1n) is 7.14. The Bertz CT molecular complexity index is 676. The number of anilines is 1. The topological polar surface area (TPSA) is 60.2 Å². The Morgan fingerprint density at radius 3 is 2.50 bits per heavy atom. The number of ether oxygens (including phenoxy) is 1. The molecule has 0 aliphatic heterocycles. The molecule has 0 N–H and O–H groups in total. The number of methoxy groups -OCH3 is 1. The van der Waals surface area contributed by atoms with Crippen LogP contribution in [0.2, 0.25) is 0 Å². The van der Waals surface area contributed by atoms with Gasteiger partial charge in [0.2, 0.25) is 11.8 Å². The van der Waals surface area contributed by atoms with E-state index in [0.29, 0.717) is 5.88 Å². The number of aryl methyl sites for hydroxylation is 2. The molecule has 0 bridgehead atoms. The second-order valence-corrected chi connectivity index (χ2v) is 5.39. The molecule has 0 saturated heterocycles. The van der Waals surface area contributed by atoms with E-state index < -0.39 is 0 Å². The van der Waals surface area contributed by atoms with Crippen LogP contribution in [-0.4, -0.2) is 34.8 Å². The number of pyridine rings is 1. The Labute approximate surface area is 130 Å². The number of rotatable bonds is 4. The van der Waals surface area contributed by atoms with Gasteiger partial charge in [0.25, 0.3) is 0 Å². The molecule has 1 atom stereocenters. The average molecular weight is 302 g/mol. The lowest BCUT2D eigenvalue weighted by molar-refractivity contribution is -0.119. The molecule has 2 aromatic rings. The molecule has 0 spiro atoms. The van der Waals surface area contributed by atoms with Gasteiger partial charge in [-0.2, -0.15) is 5.10 Å². The summed E-state index contributed by atoms with van der Waals surface area (Å²) in [6.45, 7) is 5.82. The van der Waals surface area contributed by atoms with Gasteiger partial charge in [0.05, 0.1) is 30.6 Å². The molecule has 6 nitrogen and oxygen atoms in total. The third kappa shape index (κ3) is 2.81. The summed E-state index contributed by atoms with van der Waals surface area (Å²) in [4.78, 5) is 18.5. The van der Waals surface area contributed by atoms with Crippen LogP contribution in [0, 0.1) is 13.8 Å². The second-order valence-electron chi connectivity index (χ2n) is 5.39. The molecule has 118 valence electrons. The smallest absolute Gasteiger partial charge is 0.234 e. The monoisotopic (exact) mass is 302 g/mol. The van der Waals surface area contributed by atoms with Gasteiger partial charge in [0.15, 0.2) is 0 Å². The molecule has 2 heterocycles.